The maximum atomic E-state index is 13.9. The van der Waals surface area contributed by atoms with Crippen molar-refractivity contribution in [2.45, 2.75) is 24.7 Å². The van der Waals surface area contributed by atoms with E-state index in [4.69, 9.17) is 4.74 Å². The van der Waals surface area contributed by atoms with Crippen LogP contribution < -0.4 is 4.74 Å². The zero-order valence-electron chi connectivity index (χ0n) is 9.30. The van der Waals surface area contributed by atoms with Gasteiger partial charge in [0.05, 0.1) is 17.0 Å². The van der Waals surface area contributed by atoms with E-state index in [0.29, 0.717) is 17.3 Å². The van der Waals surface area contributed by atoms with Crippen LogP contribution in [0.3, 0.4) is 0 Å². The minimum atomic E-state index is -1.13. The predicted molar refractivity (Wildman–Crippen MR) is 63.8 cm³/mol. The third-order valence-corrected chi connectivity index (χ3v) is 3.98. The normalized spacial score (nSPS) is 17.4. The summed E-state index contributed by atoms with van der Waals surface area (Å²) in [5.41, 5.74) is -0.965. The molecule has 0 amide bonds. The van der Waals surface area contributed by atoms with Crippen molar-refractivity contribution in [1.29, 1.82) is 0 Å². The molecule has 1 N–H and O–H groups in total. The number of rotatable bonds is 3. The van der Waals surface area contributed by atoms with Crippen LogP contribution in [0, 0.1) is 5.82 Å². The molecule has 0 atom stereocenters. The van der Waals surface area contributed by atoms with E-state index in [-0.39, 0.29) is 11.3 Å². The van der Waals surface area contributed by atoms with Crippen molar-refractivity contribution >= 4 is 21.9 Å². The Labute approximate surface area is 107 Å². The number of hydrogen-bond acceptors (Lipinski definition) is 2. The maximum Gasteiger partial charge on any atom is 0.314 e. The van der Waals surface area contributed by atoms with E-state index in [9.17, 15) is 14.3 Å². The molecule has 17 heavy (non-hydrogen) atoms. The van der Waals surface area contributed by atoms with E-state index >= 15 is 0 Å². The highest BCUT2D eigenvalue weighted by atomic mass is 79.9. The number of halogens is 2. The lowest BCUT2D eigenvalue weighted by Crippen LogP contribution is -2.43. The maximum absolute atomic E-state index is 13.9. The van der Waals surface area contributed by atoms with Gasteiger partial charge in [-0.1, -0.05) is 6.42 Å². The summed E-state index contributed by atoms with van der Waals surface area (Å²) in [6.45, 7) is 0. The predicted octanol–water partition coefficient (Wildman–Crippen LogP) is 3.10. The van der Waals surface area contributed by atoms with E-state index < -0.39 is 17.2 Å². The van der Waals surface area contributed by atoms with Gasteiger partial charge < -0.3 is 9.84 Å². The molecule has 1 aliphatic carbocycles. The Kier molecular flexibility index (Phi) is 3.12. The van der Waals surface area contributed by atoms with E-state index in [1.807, 2.05) is 0 Å². The summed E-state index contributed by atoms with van der Waals surface area (Å²) in [6, 6.07) is 2.79. The molecule has 1 fully saturated rings. The largest absolute Gasteiger partial charge is 0.495 e. The van der Waals surface area contributed by atoms with E-state index in [1.165, 1.54) is 19.2 Å². The van der Waals surface area contributed by atoms with Gasteiger partial charge in [0, 0.05) is 5.56 Å². The minimum Gasteiger partial charge on any atom is -0.495 e. The van der Waals surface area contributed by atoms with E-state index in [2.05, 4.69) is 15.9 Å². The Morgan fingerprint density at radius 1 is 1.53 bits per heavy atom. The summed E-state index contributed by atoms with van der Waals surface area (Å²) in [5, 5.41) is 9.33. The lowest BCUT2D eigenvalue weighted by atomic mass is 9.64. The fraction of sp³-hybridized carbons (Fsp3) is 0.417. The van der Waals surface area contributed by atoms with Crippen LogP contribution in [-0.2, 0) is 10.2 Å². The van der Waals surface area contributed by atoms with Crippen molar-refractivity contribution in [1.82, 2.24) is 0 Å². The standard InChI is InChI=1S/C12H12BrFO3/c1-17-10-7(13)3-4-8(14)9(10)12(11(15)16)5-2-6-12/h3-4H,2,5-6H2,1H3,(H,15,16). The van der Waals surface area contributed by atoms with Crippen LogP contribution in [-0.4, -0.2) is 18.2 Å². The number of carbonyl (C=O) groups is 1. The van der Waals surface area contributed by atoms with Gasteiger partial charge in [0.15, 0.2) is 0 Å². The zero-order valence-corrected chi connectivity index (χ0v) is 10.9. The van der Waals surface area contributed by atoms with Crippen LogP contribution in [0.4, 0.5) is 4.39 Å². The first-order valence-electron chi connectivity index (χ1n) is 5.29. The molecule has 2 rings (SSSR count). The lowest BCUT2D eigenvalue weighted by molar-refractivity contribution is -0.147. The van der Waals surface area contributed by atoms with Gasteiger partial charge in [-0.3, -0.25) is 4.79 Å². The van der Waals surface area contributed by atoms with Gasteiger partial charge >= 0.3 is 5.97 Å². The third kappa shape index (κ3) is 1.73. The number of hydrogen-bond donors (Lipinski definition) is 1. The Morgan fingerprint density at radius 3 is 2.59 bits per heavy atom. The molecule has 1 aromatic rings. The summed E-state index contributed by atoms with van der Waals surface area (Å²) >= 11 is 3.25. The molecule has 92 valence electrons. The first-order valence-corrected chi connectivity index (χ1v) is 6.08. The van der Waals surface area contributed by atoms with Gasteiger partial charge in [0.1, 0.15) is 11.6 Å². The van der Waals surface area contributed by atoms with Gasteiger partial charge in [0.2, 0.25) is 0 Å². The molecule has 0 heterocycles. The highest BCUT2D eigenvalue weighted by Gasteiger charge is 2.49. The Bertz CT molecular complexity index is 469. The Morgan fingerprint density at radius 2 is 2.18 bits per heavy atom. The molecule has 0 unspecified atom stereocenters. The van der Waals surface area contributed by atoms with Crippen molar-refractivity contribution in [3.05, 3.63) is 28.0 Å². The number of carboxylic acids is 1. The number of aliphatic carboxylic acids is 1. The van der Waals surface area contributed by atoms with Crippen LogP contribution in [0.2, 0.25) is 0 Å². The summed E-state index contributed by atoms with van der Waals surface area (Å²) in [5.74, 6) is -1.22. The van der Waals surface area contributed by atoms with Crippen LogP contribution >= 0.6 is 15.9 Å². The molecule has 1 saturated carbocycles. The molecule has 0 saturated heterocycles. The second-order valence-electron chi connectivity index (χ2n) is 4.18. The second-order valence-corrected chi connectivity index (χ2v) is 5.03. The monoisotopic (exact) mass is 302 g/mol. The van der Waals surface area contributed by atoms with Crippen molar-refractivity contribution in [3.63, 3.8) is 0 Å². The fourth-order valence-electron chi connectivity index (χ4n) is 2.28. The first kappa shape index (κ1) is 12.4. The van der Waals surface area contributed by atoms with E-state index in [0.717, 1.165) is 6.42 Å². The highest BCUT2D eigenvalue weighted by molar-refractivity contribution is 9.10. The van der Waals surface area contributed by atoms with Gasteiger partial charge in [0.25, 0.3) is 0 Å². The van der Waals surface area contributed by atoms with Crippen LogP contribution in [0.15, 0.2) is 16.6 Å². The van der Waals surface area contributed by atoms with Crippen LogP contribution in [0.5, 0.6) is 5.75 Å². The molecule has 0 aromatic heterocycles. The number of ether oxygens (including phenoxy) is 1. The van der Waals surface area contributed by atoms with Gasteiger partial charge in [-0.25, -0.2) is 4.39 Å². The van der Waals surface area contributed by atoms with Crippen LogP contribution in [0.1, 0.15) is 24.8 Å². The SMILES string of the molecule is COc1c(Br)ccc(F)c1C1(C(=O)O)CCC1. The molecule has 0 bridgehead atoms. The quantitative estimate of drug-likeness (QED) is 0.933. The summed E-state index contributed by atoms with van der Waals surface area (Å²) < 4.78 is 19.6. The molecule has 1 aliphatic rings. The van der Waals surface area contributed by atoms with Gasteiger partial charge in [-0.2, -0.15) is 0 Å². The number of methoxy groups -OCH3 is 1. The summed E-state index contributed by atoms with van der Waals surface area (Å²) in [4.78, 5) is 11.4. The molecule has 0 radical (unpaired) electrons. The summed E-state index contributed by atoms with van der Waals surface area (Å²) in [7, 11) is 1.41. The fourth-order valence-corrected chi connectivity index (χ4v) is 2.77. The molecule has 0 spiro atoms. The van der Waals surface area contributed by atoms with Crippen molar-refractivity contribution < 1.29 is 19.0 Å². The van der Waals surface area contributed by atoms with Crippen molar-refractivity contribution in [2.75, 3.05) is 7.11 Å². The van der Waals surface area contributed by atoms with E-state index in [1.54, 1.807) is 0 Å². The van der Waals surface area contributed by atoms with Gasteiger partial charge in [-0.05, 0) is 40.9 Å². The smallest absolute Gasteiger partial charge is 0.314 e. The average Bonchev–Trinajstić information content (AvgIpc) is 2.21. The minimum absolute atomic E-state index is 0.160. The summed E-state index contributed by atoms with van der Waals surface area (Å²) in [6.07, 6.45) is 1.69. The third-order valence-electron chi connectivity index (χ3n) is 3.36. The van der Waals surface area contributed by atoms with Crippen molar-refractivity contribution in [3.8, 4) is 5.75 Å². The molecule has 0 aliphatic heterocycles. The first-order chi connectivity index (χ1) is 8.03. The zero-order chi connectivity index (χ0) is 12.6. The topological polar surface area (TPSA) is 46.5 Å². The van der Waals surface area contributed by atoms with Crippen molar-refractivity contribution in [2.24, 2.45) is 0 Å². The average molecular weight is 303 g/mol. The number of benzene rings is 1. The number of carboxylic acid groups (broad SMARTS) is 1. The van der Waals surface area contributed by atoms with Crippen LogP contribution in [0.25, 0.3) is 0 Å². The molecule has 1 aromatic carbocycles. The Hall–Kier alpha value is -1.10. The van der Waals surface area contributed by atoms with Gasteiger partial charge in [-0.15, -0.1) is 0 Å². The molecule has 3 nitrogen and oxygen atoms in total. The molecule has 5 heteroatoms. The highest BCUT2D eigenvalue weighted by Crippen LogP contribution is 2.50. The second kappa shape index (κ2) is 4.29. The Balaban J connectivity index is 2.65. The lowest BCUT2D eigenvalue weighted by Gasteiger charge is -2.39. The molecular formula is C12H12BrFO3. The molecular weight excluding hydrogens is 291 g/mol.